The Morgan fingerprint density at radius 3 is 0.846 bits per heavy atom. The summed E-state index contributed by atoms with van der Waals surface area (Å²) in [7, 11) is 2.00. The van der Waals surface area contributed by atoms with Crippen molar-refractivity contribution in [1.29, 1.82) is 0 Å². The van der Waals surface area contributed by atoms with E-state index in [1.807, 2.05) is 72.8 Å². The first-order valence-electron chi connectivity index (χ1n) is 20.8. The van der Waals surface area contributed by atoms with Gasteiger partial charge in [0.15, 0.2) is 0 Å². The number of para-hydroxylation sites is 4. The van der Waals surface area contributed by atoms with Gasteiger partial charge in [0.1, 0.15) is 23.0 Å². The molecule has 78 heavy (non-hydrogen) atoms. The molecule has 26 nitrogen and oxygen atoms in total. The van der Waals surface area contributed by atoms with Gasteiger partial charge in [-0.3, -0.25) is 29.5 Å². The van der Waals surface area contributed by atoms with Gasteiger partial charge >= 0.3 is 34.1 Å². The number of rotatable bonds is 6. The molecule has 2 amide bonds. The summed E-state index contributed by atoms with van der Waals surface area (Å²) >= 11 is 0. The van der Waals surface area contributed by atoms with E-state index in [0.29, 0.717) is 0 Å². The van der Waals surface area contributed by atoms with Gasteiger partial charge in [0.2, 0.25) is 0 Å². The van der Waals surface area contributed by atoms with Gasteiger partial charge in [0.25, 0.3) is 11.8 Å². The Bertz CT molecular complexity index is 2450. The zero-order valence-corrected chi connectivity index (χ0v) is 43.2. The van der Waals surface area contributed by atoms with Gasteiger partial charge in [-0.15, -0.1) is 0 Å². The van der Waals surface area contributed by atoms with Gasteiger partial charge in [-0.25, -0.2) is 10.9 Å². The van der Waals surface area contributed by atoms with Crippen molar-refractivity contribution < 1.29 is 94.8 Å². The molecule has 0 aliphatic heterocycles. The number of pyridine rings is 4. The predicted octanol–water partition coefficient (Wildman–Crippen LogP) is 4.93. The van der Waals surface area contributed by atoms with Crippen LogP contribution >= 0.6 is 0 Å². The molecule has 8 N–H and O–H groups in total. The monoisotopic (exact) mass is 1160 g/mol. The molecule has 0 spiro atoms. The van der Waals surface area contributed by atoms with E-state index in [-0.39, 0.29) is 79.4 Å². The molecule has 0 saturated heterocycles. The Balaban J connectivity index is -0.000000431. The summed E-state index contributed by atoms with van der Waals surface area (Å²) in [5.74, 6) is -3.47. The molecule has 410 valence electrons. The van der Waals surface area contributed by atoms with Crippen LogP contribution in [0.5, 0.6) is 34.5 Å². The number of hydrazone groups is 2. The van der Waals surface area contributed by atoms with E-state index in [9.17, 15) is 40.2 Å². The van der Waals surface area contributed by atoms with Crippen LogP contribution in [0, 0.1) is 30.6 Å². The molecule has 28 heteroatoms. The number of nitrogens with zero attached hydrogens (tertiary/aromatic N) is 8. The van der Waals surface area contributed by atoms with Gasteiger partial charge in [-0.1, -0.05) is 84.3 Å². The standard InChI is InChI=1S/2C14H12N2O4.4C5H5N.2CH4O.2Mn.2NO3/c2*17-11-6-2-1-5-10(11)14(20)16-15-8-9-4-3-7-12(18)13(9)19;4*1-2-4-6-5-3-1;2*1-2;;;2*2-1(3)4/h2*1-8,17-19H,(H,16,20);4*1-5H;2*2H,1H3;;;;/q;;;;;;;;2*+2;2*-1/p-2/b2*15-8+;;;;;;;;;;. The molecule has 0 saturated carbocycles. The molecule has 0 aliphatic rings. The molecule has 4 aromatic carbocycles. The fourth-order valence-electron chi connectivity index (χ4n) is 4.31. The maximum atomic E-state index is 11.7. The normalized spacial score (nSPS) is 8.67. The smallest absolute Gasteiger partial charge is 0.870 e. The number of amides is 2. The van der Waals surface area contributed by atoms with Gasteiger partial charge in [0, 0.05) is 63.8 Å². The summed E-state index contributed by atoms with van der Waals surface area (Å²) in [5, 5.41) is 111. The first-order valence-corrected chi connectivity index (χ1v) is 20.8. The number of aliphatic hydroxyl groups is 2. The van der Waals surface area contributed by atoms with Crippen LogP contribution in [-0.4, -0.2) is 99.2 Å². The molecule has 2 radical (unpaired) electrons. The maximum Gasteiger partial charge on any atom is 2.00 e. The maximum absolute atomic E-state index is 11.7. The first kappa shape index (κ1) is 74.4. The minimum absolute atomic E-state index is 0. The topological polar surface area (TPSA) is 434 Å². The number of phenolic OH excluding ortho intramolecular Hbond substituents is 4. The summed E-state index contributed by atoms with van der Waals surface area (Å²) in [5.41, 5.74) is 4.80. The summed E-state index contributed by atoms with van der Waals surface area (Å²) < 4.78 is 0. The minimum Gasteiger partial charge on any atom is -0.870 e. The molecule has 8 rings (SSSR count). The Kier molecular flexibility index (Phi) is 48.2. The van der Waals surface area contributed by atoms with Crippen molar-refractivity contribution in [1.82, 2.24) is 30.8 Å². The second kappa shape index (κ2) is 50.5. The number of benzene rings is 4. The van der Waals surface area contributed by atoms with Crippen molar-refractivity contribution in [3.63, 3.8) is 0 Å². The molecule has 4 aromatic heterocycles. The van der Waals surface area contributed by atoms with Crippen LogP contribution < -0.4 is 21.1 Å². The third-order valence-corrected chi connectivity index (χ3v) is 7.35. The van der Waals surface area contributed by atoms with Crippen LogP contribution in [-0.2, 0) is 34.1 Å². The number of carbonyl (C=O) groups excluding carboxylic acids is 2. The molecule has 0 atom stereocenters. The Labute approximate surface area is 466 Å². The first-order chi connectivity index (χ1) is 36.6. The van der Waals surface area contributed by atoms with E-state index in [1.54, 1.807) is 73.8 Å². The van der Waals surface area contributed by atoms with E-state index in [2.05, 4.69) is 41.0 Å². The van der Waals surface area contributed by atoms with E-state index in [0.717, 1.165) is 26.6 Å². The fraction of sp³-hybridized carbons (Fsp3) is 0.0400. The molecule has 0 unspecified atom stereocenters. The van der Waals surface area contributed by atoms with Gasteiger partial charge in [-0.05, 0) is 96.1 Å². The number of nitrogens with one attached hydrogen (secondary N) is 2. The molecule has 0 aliphatic carbocycles. The number of aromatic hydroxyl groups is 4. The summed E-state index contributed by atoms with van der Waals surface area (Å²) in [6, 6.07) is 43.3. The van der Waals surface area contributed by atoms with Crippen LogP contribution in [0.2, 0.25) is 0 Å². The van der Waals surface area contributed by atoms with Crippen molar-refractivity contribution >= 4 is 24.2 Å². The third kappa shape index (κ3) is 39.4. The fourth-order valence-corrected chi connectivity index (χ4v) is 4.31. The van der Waals surface area contributed by atoms with E-state index in [4.69, 9.17) is 40.9 Å². The second-order valence-electron chi connectivity index (χ2n) is 12.4. The van der Waals surface area contributed by atoms with Crippen LogP contribution in [0.1, 0.15) is 31.8 Å². The number of aliphatic hydroxyl groups excluding tert-OH is 2. The zero-order valence-electron chi connectivity index (χ0n) is 40.9. The van der Waals surface area contributed by atoms with E-state index in [1.165, 1.54) is 60.7 Å². The number of carbonyl (C=O) groups is 2. The Morgan fingerprint density at radius 1 is 0.410 bits per heavy atom. The molecule has 0 bridgehead atoms. The predicted molar refractivity (Wildman–Crippen MR) is 275 cm³/mol. The van der Waals surface area contributed by atoms with Crippen LogP contribution in [0.25, 0.3) is 0 Å². The molecule has 4 heterocycles. The quantitative estimate of drug-likeness (QED) is 0.0473. The van der Waals surface area contributed by atoms with E-state index < -0.39 is 33.5 Å². The van der Waals surface area contributed by atoms with Crippen LogP contribution in [0.3, 0.4) is 0 Å². The number of phenols is 4. The minimum atomic E-state index is -1.75. The molecular weight excluding hydrogens is 1110 g/mol. The largest absolute Gasteiger partial charge is 2.00 e. The van der Waals surface area contributed by atoms with Crippen molar-refractivity contribution in [3.05, 3.63) is 260 Å². The molecule has 8 aromatic rings. The number of hydrogen-bond donors (Lipinski definition) is 8. The van der Waals surface area contributed by atoms with Crippen LogP contribution in [0.15, 0.2) is 218 Å². The van der Waals surface area contributed by atoms with Crippen molar-refractivity contribution in [2.45, 2.75) is 0 Å². The van der Waals surface area contributed by atoms with E-state index >= 15 is 0 Å². The Morgan fingerprint density at radius 2 is 0.641 bits per heavy atom. The van der Waals surface area contributed by atoms with Gasteiger partial charge in [0.05, 0.1) is 33.7 Å². The summed E-state index contributed by atoms with van der Waals surface area (Å²) in [6.45, 7) is 0. The SMILES string of the molecule is CO.CO.O=C(N/N=C/c1cccc(O)c1[O-])c1ccccc1O.O=C(N/N=C/c1cccc(O)c1[O-])c1ccccc1O.O=[N+]([O-])[O-].O=[N+]([O-])[O-].[Mn+2].[Mn+2].c1ccncc1.c1ccncc1.c1ccncc1.c1ccncc1. The third-order valence-electron chi connectivity index (χ3n) is 7.35. The molecule has 0 fully saturated rings. The number of hydrogen-bond acceptors (Lipinski definition) is 22. The van der Waals surface area contributed by atoms with Crippen LogP contribution in [0.4, 0.5) is 0 Å². The molecular formula is C50H50Mn2N10O16. The second-order valence-corrected chi connectivity index (χ2v) is 12.4. The number of aromatic nitrogens is 4. The average molecular weight is 1160 g/mol. The Hall–Kier alpha value is -10.1. The van der Waals surface area contributed by atoms with Crippen molar-refractivity contribution in [3.8, 4) is 34.5 Å². The van der Waals surface area contributed by atoms with Gasteiger partial charge in [-0.2, -0.15) is 10.2 Å². The van der Waals surface area contributed by atoms with Gasteiger partial charge < -0.3 is 71.5 Å². The summed E-state index contributed by atoms with van der Waals surface area (Å²) in [4.78, 5) is 55.0. The van der Waals surface area contributed by atoms with Crippen molar-refractivity contribution in [2.24, 2.45) is 10.2 Å². The van der Waals surface area contributed by atoms with Crippen molar-refractivity contribution in [2.75, 3.05) is 14.2 Å². The summed E-state index contributed by atoms with van der Waals surface area (Å²) in [6.07, 6.45) is 16.2. The zero-order chi connectivity index (χ0) is 57.2. The average Bonchev–Trinajstić information content (AvgIpc) is 3.45.